The van der Waals surface area contributed by atoms with E-state index in [1.807, 2.05) is 0 Å². The molecule has 1 fully saturated rings. The van der Waals surface area contributed by atoms with E-state index in [-0.39, 0.29) is 12.5 Å². The number of anilines is 1. The maximum Gasteiger partial charge on any atom is 0.239 e. The van der Waals surface area contributed by atoms with E-state index in [0.717, 1.165) is 32.1 Å². The molecule has 1 aliphatic rings. The highest BCUT2D eigenvalue weighted by atomic mass is 16.2. The quantitative estimate of drug-likeness (QED) is 0.714. The van der Waals surface area contributed by atoms with Crippen LogP contribution >= 0.6 is 0 Å². The minimum Gasteiger partial charge on any atom is -0.368 e. The molecule has 7 nitrogen and oxygen atoms in total. The highest BCUT2D eigenvalue weighted by molar-refractivity contribution is 5.95. The monoisotopic (exact) mass is 279 g/mol. The van der Waals surface area contributed by atoms with Crippen LogP contribution in [0.3, 0.4) is 0 Å². The molecule has 1 saturated carbocycles. The number of amides is 2. The Morgan fingerprint density at radius 2 is 2.05 bits per heavy atom. The van der Waals surface area contributed by atoms with Crippen LogP contribution in [0.5, 0.6) is 0 Å². The summed E-state index contributed by atoms with van der Waals surface area (Å²) in [6.07, 6.45) is 7.97. The number of nitrogens with zero attached hydrogens (tertiary/aromatic N) is 2. The summed E-state index contributed by atoms with van der Waals surface area (Å²) in [4.78, 5) is 23.2. The number of hydrogen-bond acceptors (Lipinski definition) is 4. The lowest BCUT2D eigenvalue weighted by Gasteiger charge is -2.34. The Kier molecular flexibility index (Phi) is 4.39. The van der Waals surface area contributed by atoms with Crippen molar-refractivity contribution in [3.05, 3.63) is 12.4 Å². The smallest absolute Gasteiger partial charge is 0.239 e. The van der Waals surface area contributed by atoms with Crippen molar-refractivity contribution in [3.63, 3.8) is 0 Å². The topological polar surface area (TPSA) is 116 Å². The van der Waals surface area contributed by atoms with Crippen molar-refractivity contribution in [1.29, 1.82) is 0 Å². The SMILES string of the molecule is NCC1(C(=O)Nc2cnn(CC(N)=O)c2)CCCCC1. The van der Waals surface area contributed by atoms with E-state index in [0.29, 0.717) is 12.2 Å². The zero-order valence-electron chi connectivity index (χ0n) is 11.5. The molecule has 20 heavy (non-hydrogen) atoms. The van der Waals surface area contributed by atoms with Crippen molar-refractivity contribution in [3.8, 4) is 0 Å². The molecule has 1 aromatic rings. The van der Waals surface area contributed by atoms with Crippen LogP contribution in [0.15, 0.2) is 12.4 Å². The van der Waals surface area contributed by atoms with Gasteiger partial charge in [0, 0.05) is 12.7 Å². The van der Waals surface area contributed by atoms with Crippen LogP contribution in [0.2, 0.25) is 0 Å². The summed E-state index contributed by atoms with van der Waals surface area (Å²) in [5.41, 5.74) is 11.0. The maximum absolute atomic E-state index is 12.4. The largest absolute Gasteiger partial charge is 0.368 e. The van der Waals surface area contributed by atoms with Gasteiger partial charge >= 0.3 is 0 Å². The third-order valence-corrected chi connectivity index (χ3v) is 3.89. The average Bonchev–Trinajstić information content (AvgIpc) is 2.85. The molecule has 7 heteroatoms. The van der Waals surface area contributed by atoms with Gasteiger partial charge in [0.05, 0.1) is 17.3 Å². The third kappa shape index (κ3) is 3.16. The highest BCUT2D eigenvalue weighted by Gasteiger charge is 2.38. The van der Waals surface area contributed by atoms with E-state index in [4.69, 9.17) is 11.5 Å². The molecule has 0 atom stereocenters. The van der Waals surface area contributed by atoms with Gasteiger partial charge in [-0.15, -0.1) is 0 Å². The first-order chi connectivity index (χ1) is 9.55. The van der Waals surface area contributed by atoms with Crippen LogP contribution in [-0.2, 0) is 16.1 Å². The minimum absolute atomic E-state index is 0.00208. The normalized spacial score (nSPS) is 17.6. The number of primary amides is 1. The summed E-state index contributed by atoms with van der Waals surface area (Å²) in [7, 11) is 0. The Bertz CT molecular complexity index is 491. The van der Waals surface area contributed by atoms with Gasteiger partial charge < -0.3 is 16.8 Å². The van der Waals surface area contributed by atoms with Gasteiger partial charge in [-0.3, -0.25) is 14.3 Å². The molecule has 0 aromatic carbocycles. The van der Waals surface area contributed by atoms with Crippen LogP contribution in [0.25, 0.3) is 0 Å². The number of carbonyl (C=O) groups is 2. The second-order valence-electron chi connectivity index (χ2n) is 5.39. The van der Waals surface area contributed by atoms with Crippen LogP contribution in [0, 0.1) is 5.41 Å². The summed E-state index contributed by atoms with van der Waals surface area (Å²) >= 11 is 0. The second-order valence-corrected chi connectivity index (χ2v) is 5.39. The van der Waals surface area contributed by atoms with E-state index in [1.165, 1.54) is 10.9 Å². The Labute approximate surface area is 117 Å². The molecule has 1 aliphatic carbocycles. The first kappa shape index (κ1) is 14.5. The molecule has 5 N–H and O–H groups in total. The zero-order chi connectivity index (χ0) is 14.6. The van der Waals surface area contributed by atoms with Gasteiger partial charge in [-0.1, -0.05) is 19.3 Å². The third-order valence-electron chi connectivity index (χ3n) is 3.89. The predicted octanol–water partition coefficient (Wildman–Crippen LogP) is 0.216. The Balaban J connectivity index is 2.02. The van der Waals surface area contributed by atoms with Crippen molar-refractivity contribution in [1.82, 2.24) is 9.78 Å². The van der Waals surface area contributed by atoms with Gasteiger partial charge in [0.1, 0.15) is 6.54 Å². The molecule has 0 bridgehead atoms. The number of aromatic nitrogens is 2. The van der Waals surface area contributed by atoms with E-state index in [1.54, 1.807) is 6.20 Å². The molecular weight excluding hydrogens is 258 g/mol. The summed E-state index contributed by atoms with van der Waals surface area (Å²) in [5, 5.41) is 6.82. The summed E-state index contributed by atoms with van der Waals surface area (Å²) in [6, 6.07) is 0. The summed E-state index contributed by atoms with van der Waals surface area (Å²) in [6.45, 7) is 0.353. The van der Waals surface area contributed by atoms with Gasteiger partial charge in [-0.2, -0.15) is 5.10 Å². The van der Waals surface area contributed by atoms with Crippen LogP contribution in [-0.4, -0.2) is 28.1 Å². The van der Waals surface area contributed by atoms with Gasteiger partial charge in [-0.05, 0) is 12.8 Å². The molecule has 0 aliphatic heterocycles. The van der Waals surface area contributed by atoms with Crippen molar-refractivity contribution < 1.29 is 9.59 Å². The van der Waals surface area contributed by atoms with Gasteiger partial charge in [0.2, 0.25) is 11.8 Å². The lowest BCUT2D eigenvalue weighted by molar-refractivity contribution is -0.126. The number of nitrogens with one attached hydrogen (secondary N) is 1. The van der Waals surface area contributed by atoms with Crippen LogP contribution < -0.4 is 16.8 Å². The fourth-order valence-electron chi connectivity index (χ4n) is 2.69. The van der Waals surface area contributed by atoms with Crippen molar-refractivity contribution in [2.75, 3.05) is 11.9 Å². The molecular formula is C13H21N5O2. The van der Waals surface area contributed by atoms with Gasteiger partial charge in [0.15, 0.2) is 0 Å². The summed E-state index contributed by atoms with van der Waals surface area (Å²) in [5.74, 6) is -0.532. The first-order valence-electron chi connectivity index (χ1n) is 6.88. The van der Waals surface area contributed by atoms with Crippen molar-refractivity contribution in [2.45, 2.75) is 38.6 Å². The standard InChI is InChI=1S/C13H21N5O2/c14-9-13(4-2-1-3-5-13)12(20)17-10-6-16-18(7-10)8-11(15)19/h6-7H,1-5,8-9,14H2,(H2,15,19)(H,17,20). The molecule has 1 aromatic heterocycles. The average molecular weight is 279 g/mol. The number of hydrogen-bond donors (Lipinski definition) is 3. The summed E-state index contributed by atoms with van der Waals surface area (Å²) < 4.78 is 1.40. The molecule has 1 heterocycles. The molecule has 0 radical (unpaired) electrons. The number of carbonyl (C=O) groups excluding carboxylic acids is 2. The second kappa shape index (κ2) is 6.04. The lowest BCUT2D eigenvalue weighted by Crippen LogP contribution is -2.43. The fourth-order valence-corrected chi connectivity index (χ4v) is 2.69. The maximum atomic E-state index is 12.4. The van der Waals surface area contributed by atoms with Gasteiger partial charge in [0.25, 0.3) is 0 Å². The molecule has 2 rings (SSSR count). The van der Waals surface area contributed by atoms with Crippen LogP contribution in [0.1, 0.15) is 32.1 Å². The molecule has 2 amide bonds. The molecule has 110 valence electrons. The highest BCUT2D eigenvalue weighted by Crippen LogP contribution is 2.36. The van der Waals surface area contributed by atoms with E-state index in [2.05, 4.69) is 10.4 Å². The van der Waals surface area contributed by atoms with Crippen molar-refractivity contribution in [2.24, 2.45) is 16.9 Å². The van der Waals surface area contributed by atoms with E-state index >= 15 is 0 Å². The van der Waals surface area contributed by atoms with Gasteiger partial charge in [-0.25, -0.2) is 0 Å². The molecule has 0 spiro atoms. The fraction of sp³-hybridized carbons (Fsp3) is 0.615. The Hall–Kier alpha value is -1.89. The minimum atomic E-state index is -0.475. The molecule has 0 saturated heterocycles. The van der Waals surface area contributed by atoms with Crippen LogP contribution in [0.4, 0.5) is 5.69 Å². The zero-order valence-corrected chi connectivity index (χ0v) is 11.5. The van der Waals surface area contributed by atoms with E-state index < -0.39 is 11.3 Å². The molecule has 0 unspecified atom stereocenters. The first-order valence-corrected chi connectivity index (χ1v) is 6.88. The number of rotatable bonds is 5. The van der Waals surface area contributed by atoms with E-state index in [9.17, 15) is 9.59 Å². The predicted molar refractivity (Wildman–Crippen MR) is 74.6 cm³/mol. The van der Waals surface area contributed by atoms with Crippen molar-refractivity contribution >= 4 is 17.5 Å². The lowest BCUT2D eigenvalue weighted by atomic mass is 9.73. The number of nitrogens with two attached hydrogens (primary N) is 2. The Morgan fingerprint density at radius 3 is 2.65 bits per heavy atom. The Morgan fingerprint density at radius 1 is 1.35 bits per heavy atom.